The quantitative estimate of drug-likeness (QED) is 0.120. The van der Waals surface area contributed by atoms with E-state index in [4.69, 9.17) is 49.2 Å². The van der Waals surface area contributed by atoms with Gasteiger partial charge < -0.3 is 57.5 Å². The molecule has 1 unspecified atom stereocenters. The molecule has 0 N–H and O–H groups in total. The van der Waals surface area contributed by atoms with Crippen LogP contribution in [0.4, 0.5) is 0 Å². The molecule has 0 bridgehead atoms. The standard InChI is InChI=1S/2C21H18NO.2C19H14NO.4C11H8N.4Ir/c1-13(2)18-11-19(22-12-14(18)3)17-9-6-8-16-15-7-4-5-10-20(15)23-21(16)17;1-13(2)18-12-22-19(11-14(18)3)17-9-6-8-16-15-7-4-5-10-20(15)23-21(16)17;1-12-9-10-17(20-11-12)16-8-4-7-15-14-6-3-5-13(2)18(14)21-19(15)16;1-12-6-8-14-15-4-3-5-16(19(15)21-18(14)10-12)17-9-7-13(2)11-20-17;4*1-2-6-10(7-3-1)11-8-4-5-9-12-11;;;;/h2*4-8,10-13H,1-3H3;3-7,9-11H,1-2H3;3-4,6-11H,1-2H3;4*1-6,8-9H;;;;/q8*-1;;;;/i1D3,2D3,3D3,13D;1D3,3D3,13D;1D3;2D3;;;;;;;;. The second-order valence-electron chi connectivity index (χ2n) is 30.8. The van der Waals surface area contributed by atoms with E-state index in [0.717, 1.165) is 139 Å². The van der Waals surface area contributed by atoms with Crippen LogP contribution in [0, 0.1) is 89.8 Å². The Morgan fingerprint density at radius 2 is 0.607 bits per heavy atom. The third kappa shape index (κ3) is 25.0. The van der Waals surface area contributed by atoms with E-state index in [2.05, 4.69) is 94.5 Å². The van der Waals surface area contributed by atoms with Crippen LogP contribution in [0.1, 0.15) is 115 Å². The maximum Gasteiger partial charge on any atom is 0.123 e. The maximum atomic E-state index is 8.56. The predicted octanol–water partition coefficient (Wildman–Crippen LogP) is 32.1. The Hall–Kier alpha value is -14.4. The Kier molecular flexibility index (Phi) is 26.9. The van der Waals surface area contributed by atoms with Crippen LogP contribution < -0.4 is 0 Å². The maximum absolute atomic E-state index is 8.56. The summed E-state index contributed by atoms with van der Waals surface area (Å²) in [5.74, 6) is -5.33. The van der Waals surface area contributed by atoms with E-state index in [9.17, 15) is 0 Å². The van der Waals surface area contributed by atoms with Crippen molar-refractivity contribution in [2.24, 2.45) is 0 Å². The van der Waals surface area contributed by atoms with Crippen molar-refractivity contribution in [2.45, 2.75) is 80.5 Å². The second kappa shape index (κ2) is 49.8. The molecule has 0 saturated carbocycles. The molecule has 24 rings (SSSR count). The van der Waals surface area contributed by atoms with E-state index < -0.39 is 70.9 Å². The molecule has 0 spiro atoms. The molecule has 140 heavy (non-hydrogen) atoms. The summed E-state index contributed by atoms with van der Waals surface area (Å²) in [5, 5.41) is 7.41. The molecule has 0 saturated heterocycles. The van der Waals surface area contributed by atoms with Crippen molar-refractivity contribution in [1.82, 2.24) is 39.9 Å². The van der Waals surface area contributed by atoms with Gasteiger partial charge in [0.2, 0.25) is 0 Å². The third-order valence-corrected chi connectivity index (χ3v) is 21.6. The molecule has 0 aliphatic carbocycles. The molecule has 24 aromatic rings. The number of para-hydroxylation sites is 3. The van der Waals surface area contributed by atoms with Gasteiger partial charge >= 0.3 is 0 Å². The fraction of sp³-hybridized carbons (Fsp3) is 0.0968. The predicted molar refractivity (Wildman–Crippen MR) is 554 cm³/mol. The molecule has 1 atom stereocenters. The number of hydrogen-bond donors (Lipinski definition) is 0. The summed E-state index contributed by atoms with van der Waals surface area (Å²) < 4.78 is 203. The van der Waals surface area contributed by atoms with Gasteiger partial charge in [0, 0.05) is 183 Å². The van der Waals surface area contributed by atoms with E-state index in [1.54, 1.807) is 79.4 Å². The van der Waals surface area contributed by atoms with E-state index in [0.29, 0.717) is 50.4 Å². The number of nitrogens with zero attached hydrogens (tertiary/aromatic N) is 8. The number of aryl methyl sites for hydroxylation is 6. The van der Waals surface area contributed by atoms with Crippen LogP contribution in [0.25, 0.3) is 178 Å². The molecule has 12 aromatic heterocycles. The molecule has 12 aromatic carbocycles. The van der Waals surface area contributed by atoms with Gasteiger partial charge in [-0.05, 0) is 180 Å². The molecule has 700 valence electrons. The number of hydrogen-bond acceptors (Lipinski definition) is 12. The summed E-state index contributed by atoms with van der Waals surface area (Å²) in [6.45, 7) is -14.0. The molecular formula is C124H96Ir4N8O4-8. The summed E-state index contributed by atoms with van der Waals surface area (Å²) in [5.41, 5.74) is 18.2. The normalized spacial score (nSPS) is 14.1. The van der Waals surface area contributed by atoms with Gasteiger partial charge in [0.05, 0.1) is 22.3 Å². The summed E-state index contributed by atoms with van der Waals surface area (Å²) in [7, 11) is 0. The van der Waals surface area contributed by atoms with Gasteiger partial charge in [-0.1, -0.05) is 229 Å². The number of aromatic nitrogens is 8. The fourth-order valence-corrected chi connectivity index (χ4v) is 15.0. The van der Waals surface area contributed by atoms with Gasteiger partial charge in [0.1, 0.15) is 22.3 Å². The Bertz CT molecular complexity index is 8640. The summed E-state index contributed by atoms with van der Waals surface area (Å²) >= 11 is 0. The number of benzene rings is 12. The molecule has 12 heterocycles. The van der Waals surface area contributed by atoms with Gasteiger partial charge in [-0.25, -0.2) is 0 Å². The Balaban J connectivity index is 0.000000157. The van der Waals surface area contributed by atoms with Crippen molar-refractivity contribution in [3.63, 3.8) is 0 Å². The largest absolute Gasteiger partial charge is 0.501 e. The molecule has 0 fully saturated rings. The van der Waals surface area contributed by atoms with Crippen LogP contribution >= 0.6 is 0 Å². The van der Waals surface area contributed by atoms with Crippen LogP contribution in [0.3, 0.4) is 0 Å². The molecule has 16 heteroatoms. The number of pyridine rings is 8. The average Bonchev–Trinajstić information content (AvgIpc) is 1.43. The zero-order valence-corrected chi connectivity index (χ0v) is 84.6. The monoisotopic (exact) mass is 2560 g/mol. The van der Waals surface area contributed by atoms with Crippen LogP contribution in [-0.4, -0.2) is 39.9 Å². The van der Waals surface area contributed by atoms with Gasteiger partial charge in [-0.3, -0.25) is 0 Å². The van der Waals surface area contributed by atoms with Gasteiger partial charge in [0.25, 0.3) is 0 Å². The topological polar surface area (TPSA) is 156 Å². The first-order valence-corrected chi connectivity index (χ1v) is 43.1. The van der Waals surface area contributed by atoms with E-state index in [1.807, 2.05) is 281 Å². The average molecular weight is 2550 g/mol. The molecule has 0 aliphatic rings. The van der Waals surface area contributed by atoms with Crippen molar-refractivity contribution in [2.75, 3.05) is 0 Å². The fourth-order valence-electron chi connectivity index (χ4n) is 15.0. The minimum Gasteiger partial charge on any atom is -0.501 e. The van der Waals surface area contributed by atoms with E-state index in [-0.39, 0.29) is 114 Å². The second-order valence-corrected chi connectivity index (χ2v) is 30.8. The summed E-state index contributed by atoms with van der Waals surface area (Å²) in [6.07, 6.45) is 12.0. The molecule has 0 amide bonds. The minimum atomic E-state index is -3.36. The summed E-state index contributed by atoms with van der Waals surface area (Å²) in [6, 6.07) is 130. The van der Waals surface area contributed by atoms with Crippen molar-refractivity contribution >= 4 is 87.8 Å². The Morgan fingerprint density at radius 3 is 1.01 bits per heavy atom. The van der Waals surface area contributed by atoms with Gasteiger partial charge in [-0.15, -0.1) is 216 Å². The Morgan fingerprint density at radius 1 is 0.243 bits per heavy atom. The number of furan rings is 4. The van der Waals surface area contributed by atoms with Crippen molar-refractivity contribution in [1.29, 1.82) is 0 Å². The number of fused-ring (bicyclic) bond motifs is 12. The van der Waals surface area contributed by atoms with Crippen LogP contribution in [0.5, 0.6) is 0 Å². The van der Waals surface area contributed by atoms with Crippen molar-refractivity contribution in [3.05, 3.63) is 482 Å². The third-order valence-electron chi connectivity index (χ3n) is 21.6. The molecule has 0 aliphatic heterocycles. The first kappa shape index (κ1) is 75.6. The Labute approximate surface area is 903 Å². The van der Waals surface area contributed by atoms with Gasteiger partial charge in [0.15, 0.2) is 0 Å². The summed E-state index contributed by atoms with van der Waals surface area (Å²) in [4.78, 5) is 34.0. The van der Waals surface area contributed by atoms with E-state index >= 15 is 0 Å². The molecule has 4 radical (unpaired) electrons. The first-order chi connectivity index (χ1) is 75.8. The number of rotatable bonds is 10. The smallest absolute Gasteiger partial charge is 0.123 e. The van der Waals surface area contributed by atoms with Crippen LogP contribution in [-0.2, 0) is 80.4 Å². The van der Waals surface area contributed by atoms with E-state index in [1.165, 1.54) is 31.6 Å². The zero-order valence-electron chi connectivity index (χ0n) is 98.0. The zero-order chi connectivity index (χ0) is 113. The van der Waals surface area contributed by atoms with Crippen LogP contribution in [0.2, 0.25) is 0 Å². The first-order valence-electron chi connectivity index (χ1n) is 54.6. The minimum absolute atomic E-state index is 0. The van der Waals surface area contributed by atoms with Crippen molar-refractivity contribution in [3.8, 4) is 90.1 Å². The van der Waals surface area contributed by atoms with Crippen LogP contribution in [0.15, 0.2) is 407 Å². The van der Waals surface area contributed by atoms with Gasteiger partial charge in [-0.2, -0.15) is 0 Å². The molecular weight excluding hydrogens is 2430 g/mol. The van der Waals surface area contributed by atoms with Crippen molar-refractivity contribution < 1.29 is 130 Å². The SMILES string of the molecule is [2H]C([2H])([2H])c1cc(-c2[c-]ccc3c2oc2ccccc23)ncc1C([2H])(C)C([2H])([2H])[2H].[2H]C([2H])([2H])c1ccc(-c2[c-]ccc3c2oc2c(C)cccc23)nc1.[2H]C([2H])([2H])c1ccc(-c2[c-]ccc3c2oc2cc(C)ccc23)nc1.[2H]C([2H])([2H])c1cnc(-c2[c-]ccc3c2oc2ccccc23)cc1C([2H])(C([2H])([2H])[2H])C([2H])([2H])[2H].[Ir].[Ir].[Ir].[Ir].[c-]1ccccc1-c1ccccn1.[c-]1ccccc1-c1ccccn1.[c-]1ccccc1-c1ccccn1.[c-]1ccccc1-c1ccccn1. The molecule has 12 nitrogen and oxygen atoms in total.